The highest BCUT2D eigenvalue weighted by Crippen LogP contribution is 2.29. The van der Waals surface area contributed by atoms with Crippen molar-refractivity contribution in [1.82, 2.24) is 9.97 Å². The number of anilines is 2. The van der Waals surface area contributed by atoms with Crippen molar-refractivity contribution in [1.29, 1.82) is 0 Å². The van der Waals surface area contributed by atoms with Gasteiger partial charge in [0.25, 0.3) is 0 Å². The van der Waals surface area contributed by atoms with Crippen LogP contribution >= 0.6 is 23.2 Å². The van der Waals surface area contributed by atoms with Gasteiger partial charge in [-0.25, -0.2) is 4.98 Å². The van der Waals surface area contributed by atoms with Crippen LogP contribution in [0.3, 0.4) is 0 Å². The van der Waals surface area contributed by atoms with Crippen LogP contribution in [0.5, 0.6) is 0 Å². The van der Waals surface area contributed by atoms with E-state index in [0.29, 0.717) is 17.5 Å². The number of nitrogen functional groups attached to an aromatic ring is 1. The fraction of sp³-hybridized carbons (Fsp3) is 0.500. The Morgan fingerprint density at radius 2 is 2.00 bits per heavy atom. The maximum absolute atomic E-state index is 5.76. The topological polar surface area (TPSA) is 63.8 Å². The zero-order valence-corrected chi connectivity index (χ0v) is 8.94. The molecule has 0 spiro atoms. The Hall–Kier alpha value is -0.740. The monoisotopic (exact) mass is 232 g/mol. The van der Waals surface area contributed by atoms with Crippen LogP contribution in [-0.2, 0) is 0 Å². The van der Waals surface area contributed by atoms with E-state index in [9.17, 15) is 0 Å². The maximum atomic E-state index is 5.76. The summed E-state index contributed by atoms with van der Waals surface area (Å²) in [5.74, 6) is 0.541. The lowest BCUT2D eigenvalue weighted by Gasteiger charge is -2.27. The summed E-state index contributed by atoms with van der Waals surface area (Å²) in [4.78, 5) is 7.73. The van der Waals surface area contributed by atoms with Crippen LogP contribution in [-0.4, -0.2) is 16.0 Å². The van der Waals surface area contributed by atoms with Crippen LogP contribution in [0.1, 0.15) is 19.3 Å². The average molecular weight is 233 g/mol. The van der Waals surface area contributed by atoms with Gasteiger partial charge in [-0.3, -0.25) is 0 Å². The fourth-order valence-electron chi connectivity index (χ4n) is 1.27. The number of nitrogens with two attached hydrogens (primary N) is 1. The Morgan fingerprint density at radius 1 is 1.29 bits per heavy atom. The van der Waals surface area contributed by atoms with Crippen molar-refractivity contribution >= 4 is 34.7 Å². The van der Waals surface area contributed by atoms with Crippen molar-refractivity contribution in [3.8, 4) is 0 Å². The summed E-state index contributed by atoms with van der Waals surface area (Å²) in [6, 6.07) is 0.444. The van der Waals surface area contributed by atoms with Gasteiger partial charge in [0.2, 0.25) is 5.28 Å². The molecule has 1 heterocycles. The van der Waals surface area contributed by atoms with Crippen molar-refractivity contribution in [2.75, 3.05) is 11.1 Å². The fourth-order valence-corrected chi connectivity index (χ4v) is 1.65. The number of nitrogens with one attached hydrogen (secondary N) is 1. The van der Waals surface area contributed by atoms with E-state index in [1.54, 1.807) is 0 Å². The molecule has 3 N–H and O–H groups in total. The summed E-state index contributed by atoms with van der Waals surface area (Å²) in [6.07, 6.45) is 3.52. The first-order valence-electron chi connectivity index (χ1n) is 4.42. The molecule has 6 heteroatoms. The SMILES string of the molecule is Nc1c(Cl)nc(Cl)nc1NC1CCC1. The molecule has 0 bridgehead atoms. The first kappa shape index (κ1) is 9.80. The highest BCUT2D eigenvalue weighted by atomic mass is 35.5. The molecule has 0 aromatic carbocycles. The molecule has 0 amide bonds. The second-order valence-electron chi connectivity index (χ2n) is 3.32. The molecule has 1 fully saturated rings. The number of hydrogen-bond acceptors (Lipinski definition) is 4. The van der Waals surface area contributed by atoms with Crippen molar-refractivity contribution in [2.45, 2.75) is 25.3 Å². The van der Waals surface area contributed by atoms with E-state index in [2.05, 4.69) is 15.3 Å². The Balaban J connectivity index is 2.22. The van der Waals surface area contributed by atoms with Gasteiger partial charge in [0.1, 0.15) is 5.69 Å². The second-order valence-corrected chi connectivity index (χ2v) is 4.01. The molecule has 0 radical (unpaired) electrons. The van der Waals surface area contributed by atoms with Gasteiger partial charge in [-0.2, -0.15) is 4.98 Å². The van der Waals surface area contributed by atoms with E-state index in [4.69, 9.17) is 28.9 Å². The van der Waals surface area contributed by atoms with Crippen LogP contribution in [0.4, 0.5) is 11.5 Å². The molecular formula is C8H10Cl2N4. The van der Waals surface area contributed by atoms with Gasteiger partial charge in [-0.05, 0) is 30.9 Å². The third-order valence-corrected chi connectivity index (χ3v) is 2.78. The third-order valence-electron chi connectivity index (χ3n) is 2.32. The molecule has 76 valence electrons. The van der Waals surface area contributed by atoms with Gasteiger partial charge in [-0.1, -0.05) is 11.6 Å². The van der Waals surface area contributed by atoms with Crippen LogP contribution in [0.2, 0.25) is 10.4 Å². The molecule has 0 saturated heterocycles. The van der Waals surface area contributed by atoms with Crippen molar-refractivity contribution < 1.29 is 0 Å². The van der Waals surface area contributed by atoms with Gasteiger partial charge < -0.3 is 11.1 Å². The predicted molar refractivity (Wildman–Crippen MR) is 57.7 cm³/mol. The number of hydrogen-bond donors (Lipinski definition) is 2. The van der Waals surface area contributed by atoms with E-state index in [1.165, 1.54) is 6.42 Å². The Bertz CT molecular complexity index is 351. The van der Waals surface area contributed by atoms with E-state index >= 15 is 0 Å². The van der Waals surface area contributed by atoms with E-state index in [-0.39, 0.29) is 10.4 Å². The lowest BCUT2D eigenvalue weighted by atomic mass is 9.93. The predicted octanol–water partition coefficient (Wildman–Crippen LogP) is 2.33. The summed E-state index contributed by atoms with van der Waals surface area (Å²) >= 11 is 11.4. The molecule has 0 unspecified atom stereocenters. The molecule has 4 nitrogen and oxygen atoms in total. The molecule has 1 aromatic heterocycles. The van der Waals surface area contributed by atoms with Crippen molar-refractivity contribution in [2.24, 2.45) is 0 Å². The summed E-state index contributed by atoms with van der Waals surface area (Å²) in [5.41, 5.74) is 6.06. The van der Waals surface area contributed by atoms with Gasteiger partial charge in [-0.15, -0.1) is 0 Å². The molecular weight excluding hydrogens is 223 g/mol. The quantitative estimate of drug-likeness (QED) is 0.607. The lowest BCUT2D eigenvalue weighted by molar-refractivity contribution is 0.444. The minimum atomic E-state index is 0.117. The minimum absolute atomic E-state index is 0.117. The standard InChI is InChI=1S/C8H10Cl2N4/c9-6-5(11)7(14-8(10)13-6)12-4-2-1-3-4/h4H,1-3,11H2,(H,12,13,14). The largest absolute Gasteiger partial charge is 0.393 e. The summed E-state index contributed by atoms with van der Waals surface area (Å²) < 4.78 is 0. The molecule has 0 atom stereocenters. The van der Waals surface area contributed by atoms with E-state index in [1.807, 2.05) is 0 Å². The minimum Gasteiger partial charge on any atom is -0.393 e. The van der Waals surface area contributed by atoms with Gasteiger partial charge in [0.05, 0.1) is 0 Å². The zero-order chi connectivity index (χ0) is 10.1. The molecule has 1 saturated carbocycles. The molecule has 1 aromatic rings. The zero-order valence-electron chi connectivity index (χ0n) is 7.43. The van der Waals surface area contributed by atoms with Crippen molar-refractivity contribution in [3.63, 3.8) is 0 Å². The highest BCUT2D eigenvalue weighted by molar-refractivity contribution is 6.34. The van der Waals surface area contributed by atoms with Crippen LogP contribution in [0, 0.1) is 0 Å². The summed E-state index contributed by atoms with van der Waals surface area (Å²) in [5, 5.41) is 3.50. The van der Waals surface area contributed by atoms with Crippen LogP contribution in [0.25, 0.3) is 0 Å². The number of nitrogens with zero attached hydrogens (tertiary/aromatic N) is 2. The van der Waals surface area contributed by atoms with Crippen LogP contribution in [0.15, 0.2) is 0 Å². The summed E-state index contributed by atoms with van der Waals surface area (Å²) in [6.45, 7) is 0. The summed E-state index contributed by atoms with van der Waals surface area (Å²) in [7, 11) is 0. The number of aromatic nitrogens is 2. The van der Waals surface area contributed by atoms with Gasteiger partial charge in [0, 0.05) is 6.04 Å². The number of rotatable bonds is 2. The lowest BCUT2D eigenvalue weighted by Crippen LogP contribution is -2.28. The van der Waals surface area contributed by atoms with Gasteiger partial charge >= 0.3 is 0 Å². The molecule has 1 aliphatic rings. The Labute approximate surface area is 91.8 Å². The third kappa shape index (κ3) is 1.86. The molecule has 1 aliphatic carbocycles. The average Bonchev–Trinajstić information content (AvgIpc) is 2.05. The molecule has 0 aliphatic heterocycles. The first-order chi connectivity index (χ1) is 6.66. The Kier molecular flexibility index (Phi) is 2.65. The normalized spacial score (nSPS) is 16.4. The smallest absolute Gasteiger partial charge is 0.225 e. The molecule has 14 heavy (non-hydrogen) atoms. The maximum Gasteiger partial charge on any atom is 0.225 e. The van der Waals surface area contributed by atoms with Crippen molar-refractivity contribution in [3.05, 3.63) is 10.4 Å². The van der Waals surface area contributed by atoms with E-state index in [0.717, 1.165) is 12.8 Å². The number of halogens is 2. The van der Waals surface area contributed by atoms with Gasteiger partial charge in [0.15, 0.2) is 11.0 Å². The first-order valence-corrected chi connectivity index (χ1v) is 5.17. The van der Waals surface area contributed by atoms with E-state index < -0.39 is 0 Å². The Morgan fingerprint density at radius 3 is 2.57 bits per heavy atom. The molecule has 2 rings (SSSR count). The highest BCUT2D eigenvalue weighted by Gasteiger charge is 2.19. The van der Waals surface area contributed by atoms with Crippen LogP contribution < -0.4 is 11.1 Å². The second kappa shape index (κ2) is 3.79.